The fraction of sp³-hybridized carbons (Fsp3) is 0.300. The molecule has 0 heterocycles. The molecule has 1 rings (SSSR count). The van der Waals surface area contributed by atoms with Crippen LogP contribution in [0.25, 0.3) is 0 Å². The Bertz CT molecular complexity index is 436. The Hall–Kier alpha value is -0.940. The average Bonchev–Trinajstić information content (AvgIpc) is 2.23. The summed E-state index contributed by atoms with van der Waals surface area (Å²) in [6.07, 6.45) is 0. The van der Waals surface area contributed by atoms with Crippen molar-refractivity contribution < 1.29 is 18.5 Å². The van der Waals surface area contributed by atoms with Crippen LogP contribution in [0.1, 0.15) is 12.5 Å². The number of aliphatic carboxylic acids is 1. The molecule has 1 aromatic carbocycles. The summed E-state index contributed by atoms with van der Waals surface area (Å²) in [6.45, 7) is 1.32. The first kappa shape index (κ1) is 13.1. The zero-order chi connectivity index (χ0) is 12.3. The molecule has 2 atom stereocenters. The van der Waals surface area contributed by atoms with E-state index in [9.17, 15) is 13.4 Å². The van der Waals surface area contributed by atoms with Gasteiger partial charge in [0.05, 0.1) is 10.8 Å². The van der Waals surface area contributed by atoms with Gasteiger partial charge >= 0.3 is 5.97 Å². The summed E-state index contributed by atoms with van der Waals surface area (Å²) in [7, 11) is -1.66. The predicted octanol–water partition coefficient (Wildman–Crippen LogP) is 2.20. The number of halogens is 2. The Morgan fingerprint density at radius 3 is 2.81 bits per heavy atom. The zero-order valence-electron chi connectivity index (χ0n) is 8.44. The second kappa shape index (κ2) is 5.41. The zero-order valence-corrected chi connectivity index (χ0v) is 10.0. The summed E-state index contributed by atoms with van der Waals surface area (Å²) < 4.78 is 25.0. The Balaban J connectivity index is 2.85. The van der Waals surface area contributed by atoms with Crippen molar-refractivity contribution in [2.24, 2.45) is 0 Å². The number of carbonyl (C=O) groups is 1. The van der Waals surface area contributed by atoms with Gasteiger partial charge in [-0.05, 0) is 13.0 Å². The number of carboxylic acids is 1. The molecule has 16 heavy (non-hydrogen) atoms. The smallest absolute Gasteiger partial charge is 0.318 e. The molecule has 0 radical (unpaired) electrons. The largest absolute Gasteiger partial charge is 0.480 e. The van der Waals surface area contributed by atoms with Crippen LogP contribution in [0.4, 0.5) is 4.39 Å². The summed E-state index contributed by atoms with van der Waals surface area (Å²) in [5.74, 6) is -1.96. The van der Waals surface area contributed by atoms with E-state index in [1.54, 1.807) is 0 Å². The van der Waals surface area contributed by atoms with Crippen molar-refractivity contribution in [3.05, 3.63) is 34.6 Å². The Kier molecular flexibility index (Phi) is 4.44. The molecule has 0 aliphatic rings. The van der Waals surface area contributed by atoms with Gasteiger partial charge in [-0.15, -0.1) is 0 Å². The number of rotatable bonds is 4. The van der Waals surface area contributed by atoms with Crippen molar-refractivity contribution in [1.82, 2.24) is 0 Å². The van der Waals surface area contributed by atoms with Crippen LogP contribution in [-0.4, -0.2) is 20.5 Å². The number of carboxylic acid groups (broad SMARTS) is 1. The molecule has 0 fully saturated rings. The second-order valence-electron chi connectivity index (χ2n) is 3.22. The number of benzene rings is 1. The van der Waals surface area contributed by atoms with Crippen molar-refractivity contribution in [3.8, 4) is 0 Å². The van der Waals surface area contributed by atoms with E-state index >= 15 is 0 Å². The minimum absolute atomic E-state index is 0.0579. The first-order chi connectivity index (χ1) is 7.43. The lowest BCUT2D eigenvalue weighted by Gasteiger charge is -2.07. The standard InChI is InChI=1S/C10H10ClFO3S/c1-6(10(13)14)16(15)5-7-3-2-4-8(11)9(7)12/h2-4,6H,5H2,1H3,(H,13,14). The molecule has 0 aliphatic heterocycles. The summed E-state index contributed by atoms with van der Waals surface area (Å²) >= 11 is 5.55. The van der Waals surface area contributed by atoms with Gasteiger partial charge in [0, 0.05) is 16.4 Å². The Labute approximate surface area is 99.7 Å². The Morgan fingerprint density at radius 2 is 2.25 bits per heavy atom. The van der Waals surface area contributed by atoms with Gasteiger partial charge in [0.25, 0.3) is 0 Å². The van der Waals surface area contributed by atoms with Gasteiger partial charge in [-0.3, -0.25) is 9.00 Å². The highest BCUT2D eigenvalue weighted by molar-refractivity contribution is 7.85. The molecule has 1 aromatic rings. The normalized spacial score (nSPS) is 14.4. The molecule has 1 N–H and O–H groups in total. The van der Waals surface area contributed by atoms with E-state index in [1.807, 2.05) is 0 Å². The molecule has 88 valence electrons. The monoisotopic (exact) mass is 264 g/mol. The van der Waals surface area contributed by atoms with E-state index < -0.39 is 27.8 Å². The second-order valence-corrected chi connectivity index (χ2v) is 5.38. The van der Waals surface area contributed by atoms with E-state index in [4.69, 9.17) is 16.7 Å². The molecule has 2 unspecified atom stereocenters. The van der Waals surface area contributed by atoms with Crippen molar-refractivity contribution >= 4 is 28.4 Å². The van der Waals surface area contributed by atoms with Crippen molar-refractivity contribution in [2.75, 3.05) is 0 Å². The third kappa shape index (κ3) is 3.02. The van der Waals surface area contributed by atoms with Gasteiger partial charge in [-0.1, -0.05) is 23.7 Å². The molecule has 0 spiro atoms. The van der Waals surface area contributed by atoms with Crippen LogP contribution >= 0.6 is 11.6 Å². The highest BCUT2D eigenvalue weighted by Crippen LogP contribution is 2.19. The van der Waals surface area contributed by atoms with Crippen LogP contribution < -0.4 is 0 Å². The average molecular weight is 265 g/mol. The topological polar surface area (TPSA) is 54.4 Å². The lowest BCUT2D eigenvalue weighted by atomic mass is 10.2. The van der Waals surface area contributed by atoms with Crippen LogP contribution in [0, 0.1) is 5.82 Å². The van der Waals surface area contributed by atoms with Gasteiger partial charge in [-0.2, -0.15) is 0 Å². The summed E-state index contributed by atoms with van der Waals surface area (Å²) in [6, 6.07) is 4.35. The third-order valence-electron chi connectivity index (χ3n) is 2.07. The lowest BCUT2D eigenvalue weighted by Crippen LogP contribution is -2.23. The summed E-state index contributed by atoms with van der Waals surface area (Å²) in [5, 5.41) is 7.55. The predicted molar refractivity (Wildman–Crippen MR) is 60.4 cm³/mol. The minimum atomic E-state index is -1.66. The van der Waals surface area contributed by atoms with Crippen molar-refractivity contribution in [2.45, 2.75) is 17.9 Å². The van der Waals surface area contributed by atoms with E-state index in [0.717, 1.165) is 0 Å². The van der Waals surface area contributed by atoms with Gasteiger partial charge in [-0.25, -0.2) is 4.39 Å². The molecule has 0 saturated carbocycles. The SMILES string of the molecule is CC(C(=O)O)S(=O)Cc1cccc(Cl)c1F. The molecular weight excluding hydrogens is 255 g/mol. The van der Waals surface area contributed by atoms with Crippen LogP contribution in [0.3, 0.4) is 0 Å². The highest BCUT2D eigenvalue weighted by Gasteiger charge is 2.20. The maximum atomic E-state index is 13.4. The van der Waals surface area contributed by atoms with Gasteiger partial charge in [0.1, 0.15) is 11.1 Å². The van der Waals surface area contributed by atoms with E-state index in [1.165, 1.54) is 25.1 Å². The quantitative estimate of drug-likeness (QED) is 0.907. The van der Waals surface area contributed by atoms with Crippen molar-refractivity contribution in [1.29, 1.82) is 0 Å². The van der Waals surface area contributed by atoms with Gasteiger partial charge in [0.2, 0.25) is 0 Å². The first-order valence-corrected chi connectivity index (χ1v) is 6.22. The van der Waals surface area contributed by atoms with Crippen molar-refractivity contribution in [3.63, 3.8) is 0 Å². The maximum Gasteiger partial charge on any atom is 0.318 e. The van der Waals surface area contributed by atoms with E-state index in [0.29, 0.717) is 0 Å². The fourth-order valence-electron chi connectivity index (χ4n) is 1.05. The summed E-state index contributed by atoms with van der Waals surface area (Å²) in [5.41, 5.74) is 0.166. The third-order valence-corrected chi connectivity index (χ3v) is 3.95. The van der Waals surface area contributed by atoms with Crippen LogP contribution in [0.5, 0.6) is 0 Å². The highest BCUT2D eigenvalue weighted by atomic mass is 35.5. The van der Waals surface area contributed by atoms with Crippen LogP contribution in [0.15, 0.2) is 18.2 Å². The molecule has 3 nitrogen and oxygen atoms in total. The molecule has 0 saturated heterocycles. The molecule has 0 bridgehead atoms. The first-order valence-electron chi connectivity index (χ1n) is 4.46. The van der Waals surface area contributed by atoms with Crippen LogP contribution in [-0.2, 0) is 21.3 Å². The fourth-order valence-corrected chi connectivity index (χ4v) is 2.25. The molecular formula is C10H10ClFO3S. The number of hydrogen-bond donors (Lipinski definition) is 1. The molecule has 0 amide bonds. The molecule has 0 aromatic heterocycles. The lowest BCUT2D eigenvalue weighted by molar-refractivity contribution is -0.136. The maximum absolute atomic E-state index is 13.4. The Morgan fingerprint density at radius 1 is 1.62 bits per heavy atom. The van der Waals surface area contributed by atoms with Crippen LogP contribution in [0.2, 0.25) is 5.02 Å². The van der Waals surface area contributed by atoms with Gasteiger partial charge in [0.15, 0.2) is 0 Å². The molecule has 0 aliphatic carbocycles. The molecule has 6 heteroatoms. The summed E-state index contributed by atoms with van der Waals surface area (Å²) in [4.78, 5) is 10.6. The van der Waals surface area contributed by atoms with E-state index in [2.05, 4.69) is 0 Å². The van der Waals surface area contributed by atoms with E-state index in [-0.39, 0.29) is 16.3 Å². The van der Waals surface area contributed by atoms with Gasteiger partial charge < -0.3 is 5.11 Å². The minimum Gasteiger partial charge on any atom is -0.480 e. The number of hydrogen-bond acceptors (Lipinski definition) is 2.